The van der Waals surface area contributed by atoms with E-state index in [1.807, 2.05) is 0 Å². The summed E-state index contributed by atoms with van der Waals surface area (Å²) in [6.45, 7) is 18.5. The third kappa shape index (κ3) is 5.93. The van der Waals surface area contributed by atoms with Crippen molar-refractivity contribution in [2.24, 2.45) is 0 Å². The Morgan fingerprint density at radius 3 is 0.730 bits per heavy atom. The average Bonchev–Trinajstić information content (AvgIpc) is 2.83. The first kappa shape index (κ1) is 27.8. The molecule has 0 aliphatic heterocycles. The number of rotatable bonds is 8. The van der Waals surface area contributed by atoms with Crippen molar-refractivity contribution in [1.29, 1.82) is 0 Å². The van der Waals surface area contributed by atoms with Crippen molar-refractivity contribution >= 4 is 37.1 Å². The fourth-order valence-corrected chi connectivity index (χ4v) is 12.5. The second-order valence-electron chi connectivity index (χ2n) is 10.6. The summed E-state index contributed by atoms with van der Waals surface area (Å²) in [5.74, 6) is 0. The zero-order valence-corrected chi connectivity index (χ0v) is 25.7. The highest BCUT2D eigenvalue weighted by Gasteiger charge is 2.25. The minimum Gasteiger partial charge on any atom is -0.0617 e. The molecule has 0 N–H and O–H groups in total. The summed E-state index contributed by atoms with van der Waals surface area (Å²) >= 11 is 0. The van der Waals surface area contributed by atoms with Crippen molar-refractivity contribution in [1.82, 2.24) is 0 Å². The third-order valence-corrected chi connectivity index (χ3v) is 14.1. The van der Waals surface area contributed by atoms with Crippen molar-refractivity contribution in [3.8, 4) is 0 Å². The molecule has 0 aliphatic carbocycles. The van der Waals surface area contributed by atoms with Gasteiger partial charge in [-0.05, 0) is 156 Å². The smallest absolute Gasteiger partial charge is 0.0137 e. The summed E-state index contributed by atoms with van der Waals surface area (Å²) in [4.78, 5) is 0. The summed E-state index contributed by atoms with van der Waals surface area (Å²) in [6, 6.07) is 27.4. The normalized spacial score (nSPS) is 11.5. The lowest BCUT2D eigenvalue weighted by Crippen LogP contribution is -2.25. The van der Waals surface area contributed by atoms with E-state index in [2.05, 4.69) is 128 Å². The Bertz CT molecular complexity index is 1110. The molecule has 0 spiro atoms. The van der Waals surface area contributed by atoms with E-state index < -0.39 is 15.8 Å². The van der Waals surface area contributed by atoms with Gasteiger partial charge in [-0.1, -0.05) is 72.8 Å². The largest absolute Gasteiger partial charge is 0.0617 e. The second-order valence-corrected chi connectivity index (χ2v) is 15.0. The highest BCUT2D eigenvalue weighted by atomic mass is 31.1. The van der Waals surface area contributed by atoms with Crippen LogP contribution in [0.2, 0.25) is 0 Å². The molecule has 0 saturated heterocycles. The zero-order valence-electron chi connectivity index (χ0n) is 23.9. The van der Waals surface area contributed by atoms with Crippen molar-refractivity contribution in [2.75, 3.05) is 12.3 Å². The molecule has 4 aromatic carbocycles. The van der Waals surface area contributed by atoms with Gasteiger partial charge in [0.15, 0.2) is 0 Å². The Morgan fingerprint density at radius 2 is 0.541 bits per heavy atom. The van der Waals surface area contributed by atoms with Crippen LogP contribution in [0.5, 0.6) is 0 Å². The van der Waals surface area contributed by atoms with Crippen LogP contribution in [0, 0.1) is 55.4 Å². The lowest BCUT2D eigenvalue weighted by molar-refractivity contribution is 1.11. The minimum atomic E-state index is -0.423. The Hall–Kier alpha value is -2.26. The van der Waals surface area contributed by atoms with E-state index in [0.717, 1.165) is 0 Å². The fraction of sp³-hybridized carbons (Fsp3) is 0.314. The summed E-state index contributed by atoms with van der Waals surface area (Å²) in [7, 11) is -0.846. The monoisotopic (exact) mass is 524 g/mol. The molecule has 0 unspecified atom stereocenters. The number of hydrogen-bond donors (Lipinski definition) is 0. The number of hydrogen-bond acceptors (Lipinski definition) is 0. The highest BCUT2D eigenvalue weighted by molar-refractivity contribution is 7.74. The van der Waals surface area contributed by atoms with E-state index in [1.54, 1.807) is 21.2 Å². The number of aryl methyl sites for hydroxylation is 8. The first-order valence-corrected chi connectivity index (χ1v) is 16.6. The van der Waals surface area contributed by atoms with Crippen molar-refractivity contribution in [3.63, 3.8) is 0 Å². The third-order valence-electron chi connectivity index (χ3n) is 7.60. The van der Waals surface area contributed by atoms with Gasteiger partial charge in [0.05, 0.1) is 0 Å². The summed E-state index contributed by atoms with van der Waals surface area (Å²) < 4.78 is 0. The van der Waals surface area contributed by atoms with Crippen LogP contribution in [-0.2, 0) is 0 Å². The van der Waals surface area contributed by atoms with Gasteiger partial charge >= 0.3 is 0 Å². The van der Waals surface area contributed by atoms with Gasteiger partial charge in [0.25, 0.3) is 0 Å². The molecule has 0 bridgehead atoms. The average molecular weight is 525 g/mol. The Labute approximate surface area is 228 Å². The SMILES string of the molecule is Cc1cccc(C)c1P(CCCP(c1c(C)cccc1C)c1c(C)cccc1C)c1c(C)cccc1C. The predicted molar refractivity (Wildman–Crippen MR) is 170 cm³/mol. The molecule has 0 radical (unpaired) electrons. The van der Waals surface area contributed by atoms with E-state index >= 15 is 0 Å². The van der Waals surface area contributed by atoms with Crippen LogP contribution in [0.15, 0.2) is 72.8 Å². The van der Waals surface area contributed by atoms with Crippen LogP contribution in [0.4, 0.5) is 0 Å². The van der Waals surface area contributed by atoms with E-state index in [4.69, 9.17) is 0 Å². The maximum atomic E-state index is 2.31. The molecule has 0 heterocycles. The minimum absolute atomic E-state index is 0.423. The van der Waals surface area contributed by atoms with Crippen LogP contribution >= 0.6 is 15.8 Å². The lowest BCUT2D eigenvalue weighted by atomic mass is 10.1. The van der Waals surface area contributed by atoms with Crippen LogP contribution in [-0.4, -0.2) is 12.3 Å². The molecule has 0 aliphatic rings. The first-order chi connectivity index (χ1) is 17.7. The Kier molecular flexibility index (Phi) is 9.06. The van der Waals surface area contributed by atoms with Crippen LogP contribution in [0.25, 0.3) is 0 Å². The molecule has 0 nitrogen and oxygen atoms in total. The molecule has 0 fully saturated rings. The molecule has 0 atom stereocenters. The molecule has 4 rings (SSSR count). The van der Waals surface area contributed by atoms with Gasteiger partial charge in [-0.25, -0.2) is 0 Å². The van der Waals surface area contributed by atoms with Crippen LogP contribution in [0.1, 0.15) is 50.9 Å². The molecule has 0 saturated carbocycles. The standard InChI is InChI=1S/C35H42P2/c1-24-14-9-15-25(2)32(24)36(33-26(3)16-10-17-27(33)4)22-13-23-37(34-28(5)18-11-19-29(34)6)35-30(7)20-12-21-31(35)8/h9-12,14-21H,13,22-23H2,1-8H3. The lowest BCUT2D eigenvalue weighted by Gasteiger charge is -2.29. The van der Waals surface area contributed by atoms with Gasteiger partial charge in [-0.2, -0.15) is 0 Å². The summed E-state index contributed by atoms with van der Waals surface area (Å²) in [5.41, 5.74) is 11.6. The Balaban J connectivity index is 1.75. The van der Waals surface area contributed by atoms with Crippen molar-refractivity contribution < 1.29 is 0 Å². The maximum Gasteiger partial charge on any atom is -0.0137 e. The number of benzene rings is 4. The molecule has 2 heteroatoms. The van der Waals surface area contributed by atoms with Gasteiger partial charge in [0.1, 0.15) is 0 Å². The maximum absolute atomic E-state index is 2.31. The molecule has 37 heavy (non-hydrogen) atoms. The van der Waals surface area contributed by atoms with E-state index in [0.29, 0.717) is 0 Å². The molecule has 192 valence electrons. The summed E-state index contributed by atoms with van der Waals surface area (Å²) in [6.07, 6.45) is 3.71. The van der Waals surface area contributed by atoms with Crippen LogP contribution < -0.4 is 21.2 Å². The van der Waals surface area contributed by atoms with Crippen LogP contribution in [0.3, 0.4) is 0 Å². The molecular formula is C35H42P2. The Morgan fingerprint density at radius 1 is 0.351 bits per heavy atom. The van der Waals surface area contributed by atoms with Crippen molar-refractivity contribution in [3.05, 3.63) is 117 Å². The van der Waals surface area contributed by atoms with Gasteiger partial charge in [-0.15, -0.1) is 0 Å². The van der Waals surface area contributed by atoms with E-state index in [9.17, 15) is 0 Å². The fourth-order valence-electron chi connectivity index (χ4n) is 5.98. The van der Waals surface area contributed by atoms with Gasteiger partial charge in [0.2, 0.25) is 0 Å². The summed E-state index contributed by atoms with van der Waals surface area (Å²) in [5, 5.41) is 6.38. The molecule has 0 amide bonds. The van der Waals surface area contributed by atoms with Gasteiger partial charge < -0.3 is 0 Å². The van der Waals surface area contributed by atoms with Crippen molar-refractivity contribution in [2.45, 2.75) is 61.8 Å². The molecule has 4 aromatic rings. The molecule has 0 aromatic heterocycles. The molecular weight excluding hydrogens is 482 g/mol. The highest BCUT2D eigenvalue weighted by Crippen LogP contribution is 2.43. The van der Waals surface area contributed by atoms with Gasteiger partial charge in [0, 0.05) is 0 Å². The quantitative estimate of drug-likeness (QED) is 0.204. The first-order valence-electron chi connectivity index (χ1n) is 13.5. The van der Waals surface area contributed by atoms with E-state index in [1.165, 1.54) is 63.3 Å². The second kappa shape index (κ2) is 12.1. The zero-order chi connectivity index (χ0) is 26.7. The topological polar surface area (TPSA) is 0 Å². The van der Waals surface area contributed by atoms with Gasteiger partial charge in [-0.3, -0.25) is 0 Å². The predicted octanol–water partition coefficient (Wildman–Crippen LogP) is 8.11. The van der Waals surface area contributed by atoms with E-state index in [-0.39, 0.29) is 0 Å².